The maximum Gasteiger partial charge on any atom is 0.324 e. The van der Waals surface area contributed by atoms with Gasteiger partial charge in [-0.15, -0.1) is 0 Å². The number of hydrogen-bond acceptors (Lipinski definition) is 2. The van der Waals surface area contributed by atoms with Crippen LogP contribution in [0, 0.1) is 5.41 Å². The van der Waals surface area contributed by atoms with Crippen molar-refractivity contribution in [3.63, 3.8) is 0 Å². The second-order valence-corrected chi connectivity index (χ2v) is 5.18. The van der Waals surface area contributed by atoms with Crippen LogP contribution in [0.25, 0.3) is 0 Å². The van der Waals surface area contributed by atoms with Gasteiger partial charge in [-0.1, -0.05) is 6.42 Å². The highest BCUT2D eigenvalue weighted by atomic mass is 16.2. The number of nitrogens with zero attached hydrogens (tertiary/aromatic N) is 1. The SMILES string of the molecule is O=C1CC2(CCC2)CNC(=O)N1C1CC1. The summed E-state index contributed by atoms with van der Waals surface area (Å²) >= 11 is 0. The van der Waals surface area contributed by atoms with E-state index >= 15 is 0 Å². The average Bonchev–Trinajstić information content (AvgIpc) is 2.92. The van der Waals surface area contributed by atoms with Crippen LogP contribution in [0.4, 0.5) is 4.79 Å². The van der Waals surface area contributed by atoms with Crippen LogP contribution in [0.5, 0.6) is 0 Å². The van der Waals surface area contributed by atoms with E-state index in [1.807, 2.05) is 0 Å². The smallest absolute Gasteiger partial charge is 0.324 e. The molecule has 0 radical (unpaired) electrons. The Kier molecular flexibility index (Phi) is 1.82. The van der Waals surface area contributed by atoms with E-state index in [0.29, 0.717) is 13.0 Å². The third-order valence-corrected chi connectivity index (χ3v) is 3.95. The summed E-state index contributed by atoms with van der Waals surface area (Å²) in [6, 6.07) is 0.0407. The lowest BCUT2D eigenvalue weighted by atomic mass is 9.66. The van der Waals surface area contributed by atoms with Crippen LogP contribution in [-0.4, -0.2) is 29.4 Å². The molecular formula is C11H16N2O2. The van der Waals surface area contributed by atoms with Gasteiger partial charge in [0.05, 0.1) is 0 Å². The summed E-state index contributed by atoms with van der Waals surface area (Å²) in [5.41, 5.74) is 0.108. The standard InChI is InChI=1S/C11H16N2O2/c14-9-6-11(4-1-5-11)7-12-10(15)13(9)8-2-3-8/h8H,1-7H2,(H,12,15). The van der Waals surface area contributed by atoms with Gasteiger partial charge in [-0.3, -0.25) is 9.69 Å². The Labute approximate surface area is 89.0 Å². The Hall–Kier alpha value is -1.06. The Morgan fingerprint density at radius 3 is 2.53 bits per heavy atom. The number of amides is 3. The van der Waals surface area contributed by atoms with Gasteiger partial charge in [0.25, 0.3) is 0 Å². The fraction of sp³-hybridized carbons (Fsp3) is 0.818. The molecule has 0 aromatic rings. The largest absolute Gasteiger partial charge is 0.337 e. The van der Waals surface area contributed by atoms with Crippen molar-refractivity contribution in [3.8, 4) is 0 Å². The molecule has 2 aliphatic carbocycles. The average molecular weight is 208 g/mol. The van der Waals surface area contributed by atoms with Crippen LogP contribution in [0.15, 0.2) is 0 Å². The van der Waals surface area contributed by atoms with Gasteiger partial charge in [-0.05, 0) is 31.1 Å². The Balaban J connectivity index is 1.80. The maximum absolute atomic E-state index is 12.0. The third-order valence-electron chi connectivity index (χ3n) is 3.95. The number of hydrogen-bond donors (Lipinski definition) is 1. The van der Waals surface area contributed by atoms with E-state index in [4.69, 9.17) is 0 Å². The molecule has 1 saturated heterocycles. The first-order chi connectivity index (χ1) is 7.20. The van der Waals surface area contributed by atoms with E-state index in [0.717, 1.165) is 25.7 Å². The number of carbonyl (C=O) groups is 2. The second kappa shape index (κ2) is 2.97. The first-order valence-electron chi connectivity index (χ1n) is 5.80. The summed E-state index contributed by atoms with van der Waals surface area (Å²) in [5, 5.41) is 2.91. The van der Waals surface area contributed by atoms with Crippen LogP contribution in [0.1, 0.15) is 38.5 Å². The number of rotatable bonds is 1. The first kappa shape index (κ1) is 9.19. The summed E-state index contributed by atoms with van der Waals surface area (Å²) in [6.45, 7) is 0.695. The number of urea groups is 1. The lowest BCUT2D eigenvalue weighted by Gasteiger charge is -2.39. The van der Waals surface area contributed by atoms with E-state index in [9.17, 15) is 9.59 Å². The molecule has 0 aromatic carbocycles. The monoisotopic (exact) mass is 208 g/mol. The molecule has 1 aliphatic heterocycles. The molecule has 0 atom stereocenters. The number of imide groups is 1. The fourth-order valence-corrected chi connectivity index (χ4v) is 2.66. The Morgan fingerprint density at radius 1 is 1.27 bits per heavy atom. The van der Waals surface area contributed by atoms with E-state index in [1.54, 1.807) is 0 Å². The topological polar surface area (TPSA) is 49.4 Å². The van der Waals surface area contributed by atoms with Gasteiger partial charge in [0.1, 0.15) is 0 Å². The van der Waals surface area contributed by atoms with Gasteiger partial charge in [-0.2, -0.15) is 0 Å². The van der Waals surface area contributed by atoms with Crippen LogP contribution >= 0.6 is 0 Å². The molecule has 3 fully saturated rings. The highest BCUT2D eigenvalue weighted by Gasteiger charge is 2.46. The summed E-state index contributed by atoms with van der Waals surface area (Å²) in [4.78, 5) is 25.2. The highest BCUT2D eigenvalue weighted by Crippen LogP contribution is 2.45. The molecule has 15 heavy (non-hydrogen) atoms. The lowest BCUT2D eigenvalue weighted by molar-refractivity contribution is -0.131. The van der Waals surface area contributed by atoms with Crippen LogP contribution in [0.2, 0.25) is 0 Å². The predicted molar refractivity (Wildman–Crippen MR) is 54.2 cm³/mol. The van der Waals surface area contributed by atoms with Crippen molar-refractivity contribution in [1.82, 2.24) is 10.2 Å². The summed E-state index contributed by atoms with van der Waals surface area (Å²) in [7, 11) is 0. The van der Waals surface area contributed by atoms with Crippen LogP contribution < -0.4 is 5.32 Å². The van der Waals surface area contributed by atoms with Gasteiger partial charge in [-0.25, -0.2) is 4.79 Å². The molecule has 1 N–H and O–H groups in total. The third kappa shape index (κ3) is 1.43. The molecule has 3 aliphatic rings. The summed E-state index contributed by atoms with van der Waals surface area (Å²) < 4.78 is 0. The van der Waals surface area contributed by atoms with Crippen molar-refractivity contribution in [1.29, 1.82) is 0 Å². The lowest BCUT2D eigenvalue weighted by Crippen LogP contribution is -2.43. The van der Waals surface area contributed by atoms with Gasteiger partial charge in [0.15, 0.2) is 0 Å². The molecule has 0 bridgehead atoms. The molecule has 2 saturated carbocycles. The zero-order chi connectivity index (χ0) is 10.5. The zero-order valence-electron chi connectivity index (χ0n) is 8.79. The van der Waals surface area contributed by atoms with E-state index in [2.05, 4.69) is 5.32 Å². The number of nitrogens with one attached hydrogen (secondary N) is 1. The number of carbonyl (C=O) groups excluding carboxylic acids is 2. The molecule has 3 amide bonds. The minimum Gasteiger partial charge on any atom is -0.337 e. The van der Waals surface area contributed by atoms with Crippen LogP contribution in [-0.2, 0) is 4.79 Å². The van der Waals surface area contributed by atoms with Crippen molar-refractivity contribution in [2.45, 2.75) is 44.6 Å². The van der Waals surface area contributed by atoms with E-state index in [1.165, 1.54) is 11.3 Å². The van der Waals surface area contributed by atoms with Crippen molar-refractivity contribution in [2.75, 3.05) is 6.54 Å². The minimum atomic E-state index is -0.161. The van der Waals surface area contributed by atoms with Crippen LogP contribution in [0.3, 0.4) is 0 Å². The quantitative estimate of drug-likeness (QED) is 0.705. The molecule has 3 rings (SSSR count). The molecular weight excluding hydrogens is 192 g/mol. The highest BCUT2D eigenvalue weighted by molar-refractivity contribution is 5.96. The molecule has 4 nitrogen and oxygen atoms in total. The molecule has 82 valence electrons. The van der Waals surface area contributed by atoms with Gasteiger partial charge in [0.2, 0.25) is 5.91 Å². The van der Waals surface area contributed by atoms with Crippen molar-refractivity contribution < 1.29 is 9.59 Å². The van der Waals surface area contributed by atoms with Crippen molar-refractivity contribution in [2.24, 2.45) is 5.41 Å². The first-order valence-corrected chi connectivity index (χ1v) is 5.80. The molecule has 1 spiro atoms. The molecule has 4 heteroatoms. The summed E-state index contributed by atoms with van der Waals surface area (Å²) in [6.07, 6.45) is 5.95. The molecule has 1 heterocycles. The Bertz CT molecular complexity index is 319. The minimum absolute atomic E-state index is 0.0483. The van der Waals surface area contributed by atoms with Crippen molar-refractivity contribution >= 4 is 11.9 Å². The van der Waals surface area contributed by atoms with Crippen molar-refractivity contribution in [3.05, 3.63) is 0 Å². The fourth-order valence-electron chi connectivity index (χ4n) is 2.66. The van der Waals surface area contributed by atoms with E-state index < -0.39 is 0 Å². The predicted octanol–water partition coefficient (Wildman–Crippen LogP) is 1.26. The van der Waals surface area contributed by atoms with E-state index in [-0.39, 0.29) is 23.4 Å². The summed E-state index contributed by atoms with van der Waals surface area (Å²) in [5.74, 6) is 0.0483. The molecule has 0 unspecified atom stereocenters. The maximum atomic E-state index is 12.0. The zero-order valence-corrected chi connectivity index (χ0v) is 8.79. The van der Waals surface area contributed by atoms with Gasteiger partial charge in [0, 0.05) is 19.0 Å². The van der Waals surface area contributed by atoms with Gasteiger partial charge >= 0.3 is 6.03 Å². The molecule has 0 aromatic heterocycles. The Morgan fingerprint density at radius 2 is 2.00 bits per heavy atom. The second-order valence-electron chi connectivity index (χ2n) is 5.18. The van der Waals surface area contributed by atoms with Gasteiger partial charge < -0.3 is 5.32 Å². The normalized spacial score (nSPS) is 29.7.